The Kier molecular flexibility index (Phi) is 3.92. The second-order valence-electron chi connectivity index (χ2n) is 4.72. The first kappa shape index (κ1) is 13.4. The number of nitrogens with two attached hydrogens (primary N) is 1. The van der Waals surface area contributed by atoms with Crippen LogP contribution in [0.3, 0.4) is 0 Å². The van der Waals surface area contributed by atoms with Crippen molar-refractivity contribution in [2.24, 2.45) is 5.73 Å². The Bertz CT molecular complexity index is 513. The molecule has 1 aromatic carbocycles. The molecule has 0 bridgehead atoms. The second-order valence-corrected chi connectivity index (χ2v) is 6.97. The van der Waals surface area contributed by atoms with Gasteiger partial charge in [0.25, 0.3) is 0 Å². The van der Waals surface area contributed by atoms with E-state index in [1.807, 2.05) is 12.1 Å². The molecule has 1 heterocycles. The van der Waals surface area contributed by atoms with Gasteiger partial charge in [0.1, 0.15) is 0 Å². The molecule has 0 amide bonds. The van der Waals surface area contributed by atoms with Crippen LogP contribution in [0.4, 0.5) is 5.69 Å². The zero-order valence-electron chi connectivity index (χ0n) is 10.7. The van der Waals surface area contributed by atoms with Crippen LogP contribution < -0.4 is 10.6 Å². The molecule has 1 fully saturated rings. The van der Waals surface area contributed by atoms with Crippen molar-refractivity contribution >= 4 is 15.5 Å². The fourth-order valence-electron chi connectivity index (χ4n) is 2.37. The SMILES string of the molecule is CCS(=O)(=O)c1ccccc1N1CCC[C@@H](N)C1. The molecule has 1 aromatic rings. The average molecular weight is 268 g/mol. The molecule has 0 aliphatic carbocycles. The number of benzene rings is 1. The maximum absolute atomic E-state index is 12.1. The Hall–Kier alpha value is -1.07. The minimum absolute atomic E-state index is 0.129. The molecule has 1 atom stereocenters. The Labute approximate surface area is 109 Å². The van der Waals surface area contributed by atoms with Gasteiger partial charge in [0.15, 0.2) is 9.84 Å². The zero-order valence-corrected chi connectivity index (χ0v) is 11.5. The molecular formula is C13H20N2O2S. The summed E-state index contributed by atoms with van der Waals surface area (Å²) in [5, 5.41) is 0. The number of nitrogens with zero attached hydrogens (tertiary/aromatic N) is 1. The molecule has 0 unspecified atom stereocenters. The van der Waals surface area contributed by atoms with Crippen LogP contribution in [0.2, 0.25) is 0 Å². The average Bonchev–Trinajstić information content (AvgIpc) is 2.39. The summed E-state index contributed by atoms with van der Waals surface area (Å²) in [6.45, 7) is 3.29. The van der Waals surface area contributed by atoms with E-state index in [1.54, 1.807) is 19.1 Å². The smallest absolute Gasteiger partial charge is 0.180 e. The topological polar surface area (TPSA) is 63.4 Å². The monoisotopic (exact) mass is 268 g/mol. The molecule has 1 aliphatic heterocycles. The Morgan fingerprint density at radius 3 is 2.78 bits per heavy atom. The predicted molar refractivity (Wildman–Crippen MR) is 73.6 cm³/mol. The molecule has 0 aromatic heterocycles. The lowest BCUT2D eigenvalue weighted by molar-refractivity contribution is 0.503. The van der Waals surface area contributed by atoms with E-state index >= 15 is 0 Å². The standard InChI is InChI=1S/C13H20N2O2S/c1-2-18(16,17)13-8-4-3-7-12(13)15-9-5-6-11(14)10-15/h3-4,7-8,11H,2,5-6,9-10,14H2,1H3/t11-/m1/s1. The van der Waals surface area contributed by atoms with Gasteiger partial charge in [0.05, 0.1) is 16.3 Å². The van der Waals surface area contributed by atoms with Gasteiger partial charge in [-0.2, -0.15) is 0 Å². The maximum atomic E-state index is 12.1. The number of sulfone groups is 1. The van der Waals surface area contributed by atoms with Crippen LogP contribution in [0, 0.1) is 0 Å². The van der Waals surface area contributed by atoms with Crippen molar-refractivity contribution in [3.63, 3.8) is 0 Å². The first-order valence-electron chi connectivity index (χ1n) is 6.37. The molecule has 0 saturated carbocycles. The lowest BCUT2D eigenvalue weighted by Crippen LogP contribution is -2.43. The van der Waals surface area contributed by atoms with Crippen molar-refractivity contribution < 1.29 is 8.42 Å². The summed E-state index contributed by atoms with van der Waals surface area (Å²) in [6, 6.07) is 7.35. The van der Waals surface area contributed by atoms with Gasteiger partial charge < -0.3 is 10.6 Å². The summed E-state index contributed by atoms with van der Waals surface area (Å²) in [7, 11) is -3.18. The molecule has 100 valence electrons. The zero-order chi connectivity index (χ0) is 13.2. The molecule has 18 heavy (non-hydrogen) atoms. The number of piperidine rings is 1. The van der Waals surface area contributed by atoms with Crippen molar-refractivity contribution in [2.45, 2.75) is 30.7 Å². The first-order chi connectivity index (χ1) is 8.54. The number of hydrogen-bond donors (Lipinski definition) is 1. The van der Waals surface area contributed by atoms with Crippen LogP contribution in [-0.4, -0.2) is 33.3 Å². The highest BCUT2D eigenvalue weighted by molar-refractivity contribution is 7.91. The summed E-state index contributed by atoms with van der Waals surface area (Å²) in [6.07, 6.45) is 2.03. The van der Waals surface area contributed by atoms with Crippen molar-refractivity contribution in [2.75, 3.05) is 23.7 Å². The molecule has 2 N–H and O–H groups in total. The third-order valence-corrected chi connectivity index (χ3v) is 5.15. The van der Waals surface area contributed by atoms with E-state index in [9.17, 15) is 8.42 Å². The van der Waals surface area contributed by atoms with Crippen LogP contribution >= 0.6 is 0 Å². The third-order valence-electron chi connectivity index (χ3n) is 3.38. The van der Waals surface area contributed by atoms with Crippen LogP contribution in [0.5, 0.6) is 0 Å². The van der Waals surface area contributed by atoms with Gasteiger partial charge in [-0.25, -0.2) is 8.42 Å². The lowest BCUT2D eigenvalue weighted by Gasteiger charge is -2.33. The van der Waals surface area contributed by atoms with Gasteiger partial charge in [-0.3, -0.25) is 0 Å². The van der Waals surface area contributed by atoms with Gasteiger partial charge in [0.2, 0.25) is 0 Å². The Morgan fingerprint density at radius 2 is 2.11 bits per heavy atom. The molecular weight excluding hydrogens is 248 g/mol. The highest BCUT2D eigenvalue weighted by Gasteiger charge is 2.23. The van der Waals surface area contributed by atoms with E-state index in [-0.39, 0.29) is 11.8 Å². The van der Waals surface area contributed by atoms with Crippen molar-refractivity contribution in [1.29, 1.82) is 0 Å². The van der Waals surface area contributed by atoms with Crippen LogP contribution in [0.15, 0.2) is 29.2 Å². The highest BCUT2D eigenvalue weighted by atomic mass is 32.2. The summed E-state index contributed by atoms with van der Waals surface area (Å²) < 4.78 is 24.2. The van der Waals surface area contributed by atoms with Gasteiger partial charge >= 0.3 is 0 Å². The van der Waals surface area contributed by atoms with Crippen LogP contribution in [0.25, 0.3) is 0 Å². The minimum Gasteiger partial charge on any atom is -0.369 e. The summed E-state index contributed by atoms with van der Waals surface area (Å²) in [5.74, 6) is 0.129. The van der Waals surface area contributed by atoms with Crippen molar-refractivity contribution in [3.05, 3.63) is 24.3 Å². The molecule has 1 aliphatic rings. The van der Waals surface area contributed by atoms with E-state index in [2.05, 4.69) is 4.90 Å². The minimum atomic E-state index is -3.18. The van der Waals surface area contributed by atoms with Crippen molar-refractivity contribution in [1.82, 2.24) is 0 Å². The van der Waals surface area contributed by atoms with E-state index < -0.39 is 9.84 Å². The van der Waals surface area contributed by atoms with E-state index in [4.69, 9.17) is 5.73 Å². The quantitative estimate of drug-likeness (QED) is 0.900. The first-order valence-corrected chi connectivity index (χ1v) is 8.02. The molecule has 5 heteroatoms. The van der Waals surface area contributed by atoms with Crippen molar-refractivity contribution in [3.8, 4) is 0 Å². The normalized spacial score (nSPS) is 21.0. The third kappa shape index (κ3) is 2.67. The molecule has 2 rings (SSSR count). The predicted octanol–water partition coefficient (Wildman–Crippen LogP) is 1.41. The maximum Gasteiger partial charge on any atom is 0.180 e. The number of para-hydroxylation sites is 1. The summed E-state index contributed by atoms with van der Waals surface area (Å²) in [5.41, 5.74) is 6.76. The van der Waals surface area contributed by atoms with Gasteiger partial charge in [0, 0.05) is 19.1 Å². The van der Waals surface area contributed by atoms with E-state index in [0.29, 0.717) is 4.90 Å². The fraction of sp³-hybridized carbons (Fsp3) is 0.538. The van der Waals surface area contributed by atoms with Gasteiger partial charge in [-0.1, -0.05) is 19.1 Å². The Morgan fingerprint density at radius 1 is 1.39 bits per heavy atom. The summed E-state index contributed by atoms with van der Waals surface area (Å²) >= 11 is 0. The number of hydrogen-bond acceptors (Lipinski definition) is 4. The van der Waals surface area contributed by atoms with E-state index in [0.717, 1.165) is 31.6 Å². The lowest BCUT2D eigenvalue weighted by atomic mass is 10.1. The Balaban J connectivity index is 2.39. The highest BCUT2D eigenvalue weighted by Crippen LogP contribution is 2.28. The molecule has 4 nitrogen and oxygen atoms in total. The summed E-state index contributed by atoms with van der Waals surface area (Å²) in [4.78, 5) is 2.53. The number of anilines is 1. The largest absolute Gasteiger partial charge is 0.369 e. The van der Waals surface area contributed by atoms with Gasteiger partial charge in [-0.15, -0.1) is 0 Å². The van der Waals surface area contributed by atoms with E-state index in [1.165, 1.54) is 0 Å². The van der Waals surface area contributed by atoms with Gasteiger partial charge in [-0.05, 0) is 25.0 Å². The van der Waals surface area contributed by atoms with Crippen LogP contribution in [-0.2, 0) is 9.84 Å². The second kappa shape index (κ2) is 5.28. The fourth-order valence-corrected chi connectivity index (χ4v) is 3.48. The molecule has 1 saturated heterocycles. The molecule has 0 radical (unpaired) electrons. The number of rotatable bonds is 3. The molecule has 0 spiro atoms. The van der Waals surface area contributed by atoms with Crippen LogP contribution in [0.1, 0.15) is 19.8 Å².